The zero-order valence-corrected chi connectivity index (χ0v) is 3.15. The number of carbonyl (C=O) groups is 1. The molecule has 0 amide bonds. The number of carbonyl (C=O) groups excluding carboxylic acids is 1. The van der Waals surface area contributed by atoms with Crippen LogP contribution in [0.1, 0.15) is 0 Å². The van der Waals surface area contributed by atoms with Gasteiger partial charge in [-0.1, -0.05) is 0 Å². The van der Waals surface area contributed by atoms with Gasteiger partial charge in [-0.15, -0.1) is 0 Å². The summed E-state index contributed by atoms with van der Waals surface area (Å²) in [6.07, 6.45) is 0. The van der Waals surface area contributed by atoms with E-state index in [0.29, 0.717) is 0 Å². The number of aliphatic hydroxyl groups is 1. The lowest BCUT2D eigenvalue weighted by atomic mass is 10.5. The molecule has 2 nitrogen and oxygen atoms in total. The van der Waals surface area contributed by atoms with Crippen LogP contribution >= 0.6 is 0 Å². The first-order valence-corrected chi connectivity index (χ1v) is 1.49. The fourth-order valence-corrected chi connectivity index (χ4v) is 0.0423. The minimum atomic E-state index is -1.06. The maximum absolute atomic E-state index is 10.9. The van der Waals surface area contributed by atoms with Crippen molar-refractivity contribution in [3.8, 4) is 0 Å². The first-order valence-electron chi connectivity index (χ1n) is 1.49. The fraction of sp³-hybridized carbons (Fsp3) is 0.667. The summed E-state index contributed by atoms with van der Waals surface area (Å²) in [6.45, 7) is -1.74. The maximum atomic E-state index is 10.9. The lowest BCUT2D eigenvalue weighted by molar-refractivity contribution is -0.122. The van der Waals surface area contributed by atoms with Crippen LogP contribution in [0.2, 0.25) is 0 Å². The van der Waals surface area contributed by atoms with Gasteiger partial charge in [0.15, 0.2) is 12.5 Å². The molecule has 0 aliphatic rings. The minimum Gasteiger partial charge on any atom is -0.388 e. The summed E-state index contributed by atoms with van der Waals surface area (Å²) < 4.78 is 10.9. The molecular formula is C3H5FO2. The molecule has 0 atom stereocenters. The number of ketones is 1. The fourth-order valence-electron chi connectivity index (χ4n) is 0.0423. The Kier molecular flexibility index (Phi) is 2.58. The van der Waals surface area contributed by atoms with Gasteiger partial charge in [0.2, 0.25) is 0 Å². The van der Waals surface area contributed by atoms with Crippen LogP contribution in [0, 0.1) is 0 Å². The Labute approximate surface area is 34.6 Å². The van der Waals surface area contributed by atoms with Crippen LogP contribution in [0.5, 0.6) is 0 Å². The lowest BCUT2D eigenvalue weighted by Crippen LogP contribution is -2.04. The van der Waals surface area contributed by atoms with Gasteiger partial charge in [0.05, 0.1) is 0 Å². The summed E-state index contributed by atoms with van der Waals surface area (Å²) in [7, 11) is 0. The number of rotatable bonds is 2. The highest BCUT2D eigenvalue weighted by molar-refractivity contribution is 5.80. The molecule has 0 aromatic carbocycles. The number of hydrogen-bond acceptors (Lipinski definition) is 2. The molecule has 0 saturated carbocycles. The summed E-state index contributed by atoms with van der Waals surface area (Å²) in [6, 6.07) is 0. The van der Waals surface area contributed by atoms with E-state index in [0.717, 1.165) is 0 Å². The van der Waals surface area contributed by atoms with Crippen LogP contribution in [0.4, 0.5) is 4.39 Å². The van der Waals surface area contributed by atoms with Crippen molar-refractivity contribution in [3.63, 3.8) is 0 Å². The highest BCUT2D eigenvalue weighted by Gasteiger charge is 1.91. The van der Waals surface area contributed by atoms with Crippen LogP contribution in [-0.4, -0.2) is 24.2 Å². The predicted octanol–water partition coefficient (Wildman–Crippen LogP) is -0.483. The van der Waals surface area contributed by atoms with E-state index in [1.165, 1.54) is 0 Å². The SMILES string of the molecule is O=C(CO)CF. The number of alkyl halides is 1. The Bertz CT molecular complexity index is 46.8. The molecule has 3 heteroatoms. The molecule has 0 saturated heterocycles. The zero-order chi connectivity index (χ0) is 4.99. The maximum Gasteiger partial charge on any atom is 0.189 e. The predicted molar refractivity (Wildman–Crippen MR) is 18.1 cm³/mol. The number of hydrogen-bond donors (Lipinski definition) is 1. The van der Waals surface area contributed by atoms with Crippen LogP contribution in [0.15, 0.2) is 0 Å². The molecule has 6 heavy (non-hydrogen) atoms. The van der Waals surface area contributed by atoms with Crippen LogP contribution in [0.3, 0.4) is 0 Å². The van der Waals surface area contributed by atoms with E-state index in [9.17, 15) is 9.18 Å². The van der Waals surface area contributed by atoms with Gasteiger partial charge in [0.25, 0.3) is 0 Å². The molecule has 0 spiro atoms. The first-order chi connectivity index (χ1) is 2.81. The largest absolute Gasteiger partial charge is 0.388 e. The summed E-state index contributed by atoms with van der Waals surface area (Å²) >= 11 is 0. The van der Waals surface area contributed by atoms with Gasteiger partial charge in [-0.2, -0.15) is 0 Å². The molecule has 0 radical (unpaired) electrons. The molecule has 1 N–H and O–H groups in total. The molecule has 0 heterocycles. The van der Waals surface area contributed by atoms with Gasteiger partial charge in [0.1, 0.15) is 6.61 Å². The van der Waals surface area contributed by atoms with Crippen molar-refractivity contribution in [2.75, 3.05) is 13.3 Å². The first kappa shape index (κ1) is 5.56. The van der Waals surface area contributed by atoms with E-state index in [2.05, 4.69) is 0 Å². The van der Waals surface area contributed by atoms with Gasteiger partial charge in [-0.3, -0.25) is 4.79 Å². The normalized spacial score (nSPS) is 8.33. The van der Waals surface area contributed by atoms with E-state index in [1.807, 2.05) is 0 Å². The Balaban J connectivity index is 2.99. The van der Waals surface area contributed by atoms with Crippen molar-refractivity contribution in [1.29, 1.82) is 0 Å². The summed E-state index contributed by atoms with van der Waals surface area (Å²) in [4.78, 5) is 9.56. The molecule has 0 aliphatic heterocycles. The van der Waals surface area contributed by atoms with E-state index < -0.39 is 19.1 Å². The molecule has 0 aliphatic carbocycles. The molecule has 36 valence electrons. The monoisotopic (exact) mass is 92.0 g/mol. The summed E-state index contributed by atoms with van der Waals surface area (Å²) in [5, 5.41) is 7.75. The minimum absolute atomic E-state index is 0.684. The molecule has 0 aromatic rings. The zero-order valence-electron chi connectivity index (χ0n) is 3.15. The molecule has 0 unspecified atom stereocenters. The average molecular weight is 92.1 g/mol. The molecule has 0 fully saturated rings. The second-order valence-electron chi connectivity index (χ2n) is 0.830. The van der Waals surface area contributed by atoms with Crippen LogP contribution in [0.25, 0.3) is 0 Å². The van der Waals surface area contributed by atoms with E-state index >= 15 is 0 Å². The highest BCUT2D eigenvalue weighted by atomic mass is 19.1. The van der Waals surface area contributed by atoms with Crippen molar-refractivity contribution >= 4 is 5.78 Å². The Hall–Kier alpha value is -0.440. The van der Waals surface area contributed by atoms with E-state index in [4.69, 9.17) is 5.11 Å². The highest BCUT2D eigenvalue weighted by Crippen LogP contribution is 1.67. The Morgan fingerprint density at radius 3 is 2.33 bits per heavy atom. The number of aliphatic hydroxyl groups excluding tert-OH is 1. The standard InChI is InChI=1S/C3H5FO2/c4-1-3(6)2-5/h5H,1-2H2. The second kappa shape index (κ2) is 2.78. The molecule has 0 bridgehead atoms. The van der Waals surface area contributed by atoms with Crippen LogP contribution < -0.4 is 0 Å². The topological polar surface area (TPSA) is 37.3 Å². The quantitative estimate of drug-likeness (QED) is 0.499. The van der Waals surface area contributed by atoms with Gasteiger partial charge >= 0.3 is 0 Å². The third-order valence-corrected chi connectivity index (χ3v) is 0.325. The number of halogens is 1. The second-order valence-corrected chi connectivity index (χ2v) is 0.830. The molecule has 0 rings (SSSR count). The lowest BCUT2D eigenvalue weighted by Gasteiger charge is -1.78. The third-order valence-electron chi connectivity index (χ3n) is 0.325. The van der Waals surface area contributed by atoms with Gasteiger partial charge < -0.3 is 5.11 Å². The third kappa shape index (κ3) is 1.84. The summed E-state index contributed by atoms with van der Waals surface area (Å²) in [5.74, 6) is -0.769. The van der Waals surface area contributed by atoms with Crippen molar-refractivity contribution in [2.45, 2.75) is 0 Å². The Morgan fingerprint density at radius 1 is 1.83 bits per heavy atom. The van der Waals surface area contributed by atoms with Gasteiger partial charge in [-0.05, 0) is 0 Å². The summed E-state index contributed by atoms with van der Waals surface area (Å²) in [5.41, 5.74) is 0. The molecule has 0 aromatic heterocycles. The van der Waals surface area contributed by atoms with Gasteiger partial charge in [-0.25, -0.2) is 4.39 Å². The van der Waals surface area contributed by atoms with E-state index in [-0.39, 0.29) is 0 Å². The van der Waals surface area contributed by atoms with Crippen molar-refractivity contribution in [2.24, 2.45) is 0 Å². The van der Waals surface area contributed by atoms with Crippen LogP contribution in [-0.2, 0) is 4.79 Å². The Morgan fingerprint density at radius 2 is 2.33 bits per heavy atom. The number of Topliss-reactive ketones (excluding diaryl/α,β-unsaturated/α-hetero) is 1. The smallest absolute Gasteiger partial charge is 0.189 e. The molecular weight excluding hydrogens is 87.0 g/mol. The van der Waals surface area contributed by atoms with Gasteiger partial charge in [0, 0.05) is 0 Å². The van der Waals surface area contributed by atoms with Crippen molar-refractivity contribution in [3.05, 3.63) is 0 Å². The van der Waals surface area contributed by atoms with Crippen molar-refractivity contribution in [1.82, 2.24) is 0 Å². The van der Waals surface area contributed by atoms with E-state index in [1.54, 1.807) is 0 Å². The average Bonchev–Trinajstić information content (AvgIpc) is 1.65. The van der Waals surface area contributed by atoms with Crippen molar-refractivity contribution < 1.29 is 14.3 Å².